The zero-order valence-corrected chi connectivity index (χ0v) is 7.29. The summed E-state index contributed by atoms with van der Waals surface area (Å²) in [6, 6.07) is 0. The first-order valence-corrected chi connectivity index (χ1v) is 3.98. The highest BCUT2D eigenvalue weighted by Gasteiger charge is 2.61. The first-order chi connectivity index (χ1) is 5.75. The molecule has 0 aliphatic rings. The average Bonchev–Trinajstić information content (AvgIpc) is 2.33. The molecule has 0 bridgehead atoms. The minimum absolute atomic E-state index is 0.293. The van der Waals surface area contributed by atoms with Crippen LogP contribution >= 0.6 is 23.8 Å². The Hall–Kier alpha value is -0.570. The van der Waals surface area contributed by atoms with E-state index in [1.54, 1.807) is 4.37 Å². The lowest BCUT2D eigenvalue weighted by Gasteiger charge is -2.16. The number of aromatic nitrogens is 2. The van der Waals surface area contributed by atoms with Crippen LogP contribution in [0.1, 0.15) is 5.82 Å². The van der Waals surface area contributed by atoms with E-state index in [0.29, 0.717) is 11.5 Å². The van der Waals surface area contributed by atoms with Crippen LogP contribution in [0.2, 0.25) is 0 Å². The van der Waals surface area contributed by atoms with Crippen LogP contribution in [0, 0.1) is 3.95 Å². The molecule has 74 valence electrons. The van der Waals surface area contributed by atoms with Crippen LogP contribution < -0.4 is 0 Å². The molecule has 1 aromatic rings. The van der Waals surface area contributed by atoms with Crippen molar-refractivity contribution in [3.05, 3.63) is 9.78 Å². The maximum Gasteiger partial charge on any atom is 0.461 e. The maximum atomic E-state index is 12.4. The van der Waals surface area contributed by atoms with Gasteiger partial charge in [-0.05, 0) is 23.8 Å². The van der Waals surface area contributed by atoms with E-state index in [1.165, 1.54) is 0 Å². The fourth-order valence-electron chi connectivity index (χ4n) is 0.497. The highest BCUT2D eigenvalue weighted by Crippen LogP contribution is 2.42. The number of aromatic amines is 1. The molecule has 9 heteroatoms. The molecule has 0 spiro atoms. The summed E-state index contributed by atoms with van der Waals surface area (Å²) in [6.07, 6.45) is -5.65. The Morgan fingerprint density at radius 1 is 1.23 bits per heavy atom. The molecule has 1 heterocycles. The summed E-state index contributed by atoms with van der Waals surface area (Å²) in [7, 11) is 0. The molecule has 1 rings (SSSR count). The van der Waals surface area contributed by atoms with Crippen LogP contribution in [0.5, 0.6) is 0 Å². The lowest BCUT2D eigenvalue weighted by molar-refractivity contribution is -0.292. The number of nitrogens with one attached hydrogen (secondary N) is 1. The SMILES string of the molecule is FC(F)(F)C(F)(F)c1nc(=S)s[nH]1. The second kappa shape index (κ2) is 2.98. The number of hydrogen-bond donors (Lipinski definition) is 1. The van der Waals surface area contributed by atoms with E-state index >= 15 is 0 Å². The average molecular weight is 236 g/mol. The third-order valence-corrected chi connectivity index (χ3v) is 1.99. The number of H-pyrrole nitrogens is 1. The Labute approximate surface area is 77.6 Å². The van der Waals surface area contributed by atoms with Crippen molar-refractivity contribution in [2.24, 2.45) is 0 Å². The Morgan fingerprint density at radius 2 is 1.77 bits per heavy atom. The van der Waals surface area contributed by atoms with E-state index in [0.717, 1.165) is 0 Å². The van der Waals surface area contributed by atoms with Crippen LogP contribution in [0.25, 0.3) is 0 Å². The summed E-state index contributed by atoms with van der Waals surface area (Å²) in [4.78, 5) is 2.86. The van der Waals surface area contributed by atoms with Crippen LogP contribution in [-0.4, -0.2) is 15.5 Å². The molecule has 0 amide bonds. The van der Waals surface area contributed by atoms with Crippen molar-refractivity contribution in [3.63, 3.8) is 0 Å². The van der Waals surface area contributed by atoms with E-state index in [-0.39, 0.29) is 3.95 Å². The Morgan fingerprint density at radius 3 is 2.08 bits per heavy atom. The minimum Gasteiger partial charge on any atom is -0.291 e. The third kappa shape index (κ3) is 1.85. The molecule has 0 saturated heterocycles. The first kappa shape index (κ1) is 10.5. The molecule has 1 N–H and O–H groups in total. The number of nitrogens with zero attached hydrogens (tertiary/aromatic N) is 1. The van der Waals surface area contributed by atoms with Gasteiger partial charge in [0.1, 0.15) is 0 Å². The van der Waals surface area contributed by atoms with Crippen molar-refractivity contribution in [2.45, 2.75) is 12.1 Å². The maximum absolute atomic E-state index is 12.4. The minimum atomic E-state index is -5.65. The van der Waals surface area contributed by atoms with Crippen LogP contribution in [-0.2, 0) is 5.92 Å². The topological polar surface area (TPSA) is 28.7 Å². The van der Waals surface area contributed by atoms with Crippen molar-refractivity contribution >= 4 is 23.8 Å². The highest BCUT2D eigenvalue weighted by molar-refractivity contribution is 7.73. The zero-order valence-electron chi connectivity index (χ0n) is 5.65. The van der Waals surface area contributed by atoms with Crippen LogP contribution in [0.15, 0.2) is 0 Å². The molecule has 1 aromatic heterocycles. The lowest BCUT2D eigenvalue weighted by Crippen LogP contribution is -2.34. The van der Waals surface area contributed by atoms with Crippen LogP contribution in [0.4, 0.5) is 22.0 Å². The van der Waals surface area contributed by atoms with Crippen molar-refractivity contribution in [1.29, 1.82) is 0 Å². The standard InChI is InChI=1S/C4HF5N2S2/c5-3(6,4(7,8)9)1-10-2(12)13-11-1/h(H,10,11,12). The molecule has 0 atom stereocenters. The smallest absolute Gasteiger partial charge is 0.291 e. The summed E-state index contributed by atoms with van der Waals surface area (Å²) >= 11 is 4.75. The lowest BCUT2D eigenvalue weighted by atomic mass is 10.3. The monoisotopic (exact) mass is 236 g/mol. The van der Waals surface area contributed by atoms with Gasteiger partial charge in [-0.3, -0.25) is 4.37 Å². The Balaban J connectivity index is 3.14. The van der Waals surface area contributed by atoms with Crippen molar-refractivity contribution in [2.75, 3.05) is 0 Å². The predicted molar refractivity (Wildman–Crippen MR) is 37.2 cm³/mol. The first-order valence-electron chi connectivity index (χ1n) is 2.75. The van der Waals surface area contributed by atoms with Gasteiger partial charge in [-0.1, -0.05) is 0 Å². The summed E-state index contributed by atoms with van der Waals surface area (Å²) in [5.41, 5.74) is 0. The van der Waals surface area contributed by atoms with E-state index in [2.05, 4.69) is 17.2 Å². The van der Waals surface area contributed by atoms with Gasteiger partial charge in [-0.2, -0.15) is 22.0 Å². The van der Waals surface area contributed by atoms with Crippen molar-refractivity contribution in [1.82, 2.24) is 9.36 Å². The van der Waals surface area contributed by atoms with E-state index in [1.807, 2.05) is 0 Å². The molecule has 0 radical (unpaired) electrons. The molecular formula is C4HF5N2S2. The summed E-state index contributed by atoms with van der Waals surface area (Å²) in [6.45, 7) is 0. The molecule has 0 aliphatic heterocycles. The molecule has 0 saturated carbocycles. The van der Waals surface area contributed by atoms with Crippen LogP contribution in [0.3, 0.4) is 0 Å². The van der Waals surface area contributed by atoms with Gasteiger partial charge in [-0.25, -0.2) is 4.98 Å². The molecule has 0 unspecified atom stereocenters. The molecule has 2 nitrogen and oxygen atoms in total. The summed E-state index contributed by atoms with van der Waals surface area (Å²) < 4.78 is 61.3. The predicted octanol–water partition coefficient (Wildman–Crippen LogP) is 2.85. The fourth-order valence-corrected chi connectivity index (χ4v) is 1.21. The Kier molecular flexibility index (Phi) is 2.41. The molecule has 0 aliphatic carbocycles. The molecule has 13 heavy (non-hydrogen) atoms. The second-order valence-electron chi connectivity index (χ2n) is 2.00. The fraction of sp³-hybridized carbons (Fsp3) is 0.500. The highest BCUT2D eigenvalue weighted by atomic mass is 32.2. The van der Waals surface area contributed by atoms with Crippen molar-refractivity contribution in [3.8, 4) is 0 Å². The van der Waals surface area contributed by atoms with E-state index < -0.39 is 17.9 Å². The number of rotatable bonds is 1. The normalized spacial score (nSPS) is 13.3. The molecule has 0 aromatic carbocycles. The van der Waals surface area contributed by atoms with Gasteiger partial charge in [0.05, 0.1) is 0 Å². The quantitative estimate of drug-likeness (QED) is 0.600. The van der Waals surface area contributed by atoms with Gasteiger partial charge < -0.3 is 0 Å². The summed E-state index contributed by atoms with van der Waals surface area (Å²) in [5.74, 6) is -6.43. The molecule has 0 fully saturated rings. The van der Waals surface area contributed by atoms with Crippen molar-refractivity contribution < 1.29 is 22.0 Å². The number of alkyl halides is 5. The number of hydrogen-bond acceptors (Lipinski definition) is 3. The summed E-state index contributed by atoms with van der Waals surface area (Å²) in [5, 5.41) is 0. The van der Waals surface area contributed by atoms with Gasteiger partial charge >= 0.3 is 12.1 Å². The Bertz CT molecular complexity index is 350. The largest absolute Gasteiger partial charge is 0.461 e. The van der Waals surface area contributed by atoms with Gasteiger partial charge in [0, 0.05) is 0 Å². The molecular weight excluding hydrogens is 235 g/mol. The van der Waals surface area contributed by atoms with Gasteiger partial charge in [0.25, 0.3) is 0 Å². The zero-order chi connectivity index (χ0) is 10.3. The van der Waals surface area contributed by atoms with E-state index in [9.17, 15) is 22.0 Å². The van der Waals surface area contributed by atoms with Gasteiger partial charge in [0.2, 0.25) is 0 Å². The van der Waals surface area contributed by atoms with Gasteiger partial charge in [0.15, 0.2) is 9.78 Å². The third-order valence-electron chi connectivity index (χ3n) is 1.09. The van der Waals surface area contributed by atoms with E-state index in [4.69, 9.17) is 0 Å². The second-order valence-corrected chi connectivity index (χ2v) is 3.44. The van der Waals surface area contributed by atoms with Gasteiger partial charge in [-0.15, -0.1) is 0 Å². The number of halogens is 5.